The summed E-state index contributed by atoms with van der Waals surface area (Å²) in [6.07, 6.45) is 6.11. The Balaban J connectivity index is 1.78. The standard InChI is InChI=1S/C18H25NO/c1-3-4-8-18-16(12-19-14-10-13(2)11-14)15-7-5-6-9-17(15)20-18/h5-7,9,13-14,19H,3-4,8,10-12H2,1-2H3. The SMILES string of the molecule is CCCCc1oc2ccccc2c1CNC1CC(C)C1. The van der Waals surface area contributed by atoms with E-state index in [1.165, 1.54) is 42.4 Å². The fraction of sp³-hybridized carbons (Fsp3) is 0.556. The van der Waals surface area contributed by atoms with E-state index in [-0.39, 0.29) is 0 Å². The maximum absolute atomic E-state index is 6.07. The monoisotopic (exact) mass is 271 g/mol. The molecule has 1 aliphatic rings. The number of benzene rings is 1. The molecule has 0 radical (unpaired) electrons. The average Bonchev–Trinajstić information content (AvgIpc) is 2.78. The van der Waals surface area contributed by atoms with Crippen LogP contribution in [0.5, 0.6) is 0 Å². The molecule has 2 heteroatoms. The molecular formula is C18H25NO. The minimum absolute atomic E-state index is 0.706. The zero-order valence-corrected chi connectivity index (χ0v) is 12.6. The molecule has 0 bridgehead atoms. The lowest BCUT2D eigenvalue weighted by molar-refractivity contribution is 0.240. The van der Waals surface area contributed by atoms with E-state index in [1.807, 2.05) is 0 Å². The molecule has 0 saturated heterocycles. The lowest BCUT2D eigenvalue weighted by atomic mass is 9.82. The van der Waals surface area contributed by atoms with Crippen LogP contribution >= 0.6 is 0 Å². The number of rotatable bonds is 6. The van der Waals surface area contributed by atoms with E-state index in [1.54, 1.807) is 0 Å². The van der Waals surface area contributed by atoms with Crippen LogP contribution < -0.4 is 5.32 Å². The molecular weight excluding hydrogens is 246 g/mol. The molecule has 0 amide bonds. The Kier molecular flexibility index (Phi) is 4.11. The maximum Gasteiger partial charge on any atom is 0.134 e. The number of unbranched alkanes of at least 4 members (excludes halogenated alkanes) is 1. The Labute approximate surface area is 121 Å². The minimum atomic E-state index is 0.706. The van der Waals surface area contributed by atoms with E-state index < -0.39 is 0 Å². The van der Waals surface area contributed by atoms with E-state index >= 15 is 0 Å². The van der Waals surface area contributed by atoms with Gasteiger partial charge in [0, 0.05) is 30.0 Å². The third kappa shape index (κ3) is 2.76. The first-order chi connectivity index (χ1) is 9.78. The number of hydrogen-bond acceptors (Lipinski definition) is 2. The third-order valence-electron chi connectivity index (χ3n) is 4.48. The maximum atomic E-state index is 6.07. The quantitative estimate of drug-likeness (QED) is 0.826. The minimum Gasteiger partial charge on any atom is -0.461 e. The van der Waals surface area contributed by atoms with E-state index in [4.69, 9.17) is 4.42 Å². The zero-order valence-electron chi connectivity index (χ0n) is 12.6. The molecule has 2 nitrogen and oxygen atoms in total. The van der Waals surface area contributed by atoms with Gasteiger partial charge in [-0.3, -0.25) is 0 Å². The van der Waals surface area contributed by atoms with Gasteiger partial charge in [0.1, 0.15) is 11.3 Å². The lowest BCUT2D eigenvalue weighted by Crippen LogP contribution is -2.39. The molecule has 108 valence electrons. The Morgan fingerprint density at radius 2 is 2.05 bits per heavy atom. The van der Waals surface area contributed by atoms with Crippen molar-refractivity contribution < 1.29 is 4.42 Å². The van der Waals surface area contributed by atoms with Crippen LogP contribution in [0.1, 0.15) is 50.9 Å². The van der Waals surface area contributed by atoms with Gasteiger partial charge in [0.05, 0.1) is 0 Å². The van der Waals surface area contributed by atoms with Crippen LogP contribution in [0.15, 0.2) is 28.7 Å². The molecule has 1 aromatic carbocycles. The average molecular weight is 271 g/mol. The Morgan fingerprint density at radius 1 is 1.25 bits per heavy atom. The number of hydrogen-bond donors (Lipinski definition) is 1. The second kappa shape index (κ2) is 6.01. The molecule has 0 atom stereocenters. The summed E-state index contributed by atoms with van der Waals surface area (Å²) in [4.78, 5) is 0. The molecule has 0 aliphatic heterocycles. The van der Waals surface area contributed by atoms with Gasteiger partial charge in [-0.15, -0.1) is 0 Å². The highest BCUT2D eigenvalue weighted by Gasteiger charge is 2.25. The summed E-state index contributed by atoms with van der Waals surface area (Å²) < 4.78 is 6.07. The number of nitrogens with one attached hydrogen (secondary N) is 1. The highest BCUT2D eigenvalue weighted by atomic mass is 16.3. The predicted molar refractivity (Wildman–Crippen MR) is 83.9 cm³/mol. The molecule has 1 saturated carbocycles. The number of para-hydroxylation sites is 1. The molecule has 0 spiro atoms. The van der Waals surface area contributed by atoms with E-state index in [0.717, 1.165) is 24.5 Å². The van der Waals surface area contributed by atoms with Crippen LogP contribution in [0.2, 0.25) is 0 Å². The number of furan rings is 1. The Morgan fingerprint density at radius 3 is 2.80 bits per heavy atom. The van der Waals surface area contributed by atoms with Crippen molar-refractivity contribution in [1.82, 2.24) is 5.32 Å². The first-order valence-electron chi connectivity index (χ1n) is 8.00. The van der Waals surface area contributed by atoms with E-state index in [2.05, 4.69) is 43.4 Å². The summed E-state index contributed by atoms with van der Waals surface area (Å²) in [6.45, 7) is 5.52. The lowest BCUT2D eigenvalue weighted by Gasteiger charge is -2.33. The van der Waals surface area contributed by atoms with Gasteiger partial charge in [0.25, 0.3) is 0 Å². The first kappa shape index (κ1) is 13.7. The summed E-state index contributed by atoms with van der Waals surface area (Å²) >= 11 is 0. The molecule has 1 N–H and O–H groups in total. The van der Waals surface area contributed by atoms with Gasteiger partial charge < -0.3 is 9.73 Å². The largest absolute Gasteiger partial charge is 0.461 e. The normalized spacial score (nSPS) is 22.1. The predicted octanol–water partition coefficient (Wildman–Crippen LogP) is 4.66. The molecule has 2 aromatic rings. The number of aryl methyl sites for hydroxylation is 1. The van der Waals surface area contributed by atoms with Crippen molar-refractivity contribution in [3.05, 3.63) is 35.6 Å². The van der Waals surface area contributed by atoms with Crippen molar-refractivity contribution in [3.63, 3.8) is 0 Å². The van der Waals surface area contributed by atoms with Gasteiger partial charge in [-0.1, -0.05) is 38.5 Å². The second-order valence-electron chi connectivity index (χ2n) is 6.26. The fourth-order valence-corrected chi connectivity index (χ4v) is 3.20. The Hall–Kier alpha value is -1.28. The smallest absolute Gasteiger partial charge is 0.134 e. The molecule has 20 heavy (non-hydrogen) atoms. The molecule has 1 heterocycles. The highest BCUT2D eigenvalue weighted by Crippen LogP contribution is 2.30. The van der Waals surface area contributed by atoms with Gasteiger partial charge in [-0.25, -0.2) is 0 Å². The van der Waals surface area contributed by atoms with Crippen LogP contribution in [0.3, 0.4) is 0 Å². The topological polar surface area (TPSA) is 25.2 Å². The third-order valence-corrected chi connectivity index (χ3v) is 4.48. The Bertz CT molecular complexity index is 566. The summed E-state index contributed by atoms with van der Waals surface area (Å²) in [7, 11) is 0. The van der Waals surface area contributed by atoms with Crippen LogP contribution in [-0.2, 0) is 13.0 Å². The summed E-state index contributed by atoms with van der Waals surface area (Å²) in [5, 5.41) is 4.99. The van der Waals surface area contributed by atoms with Crippen LogP contribution in [-0.4, -0.2) is 6.04 Å². The van der Waals surface area contributed by atoms with Crippen LogP contribution in [0, 0.1) is 5.92 Å². The van der Waals surface area contributed by atoms with Gasteiger partial charge in [0.15, 0.2) is 0 Å². The van der Waals surface area contributed by atoms with Crippen molar-refractivity contribution >= 4 is 11.0 Å². The van der Waals surface area contributed by atoms with Crippen LogP contribution in [0.4, 0.5) is 0 Å². The molecule has 3 rings (SSSR count). The van der Waals surface area contributed by atoms with Gasteiger partial charge in [-0.2, -0.15) is 0 Å². The molecule has 0 unspecified atom stereocenters. The first-order valence-corrected chi connectivity index (χ1v) is 8.00. The van der Waals surface area contributed by atoms with Crippen molar-refractivity contribution in [3.8, 4) is 0 Å². The van der Waals surface area contributed by atoms with E-state index in [0.29, 0.717) is 6.04 Å². The summed E-state index contributed by atoms with van der Waals surface area (Å²) in [5.41, 5.74) is 2.42. The van der Waals surface area contributed by atoms with Gasteiger partial charge >= 0.3 is 0 Å². The zero-order chi connectivity index (χ0) is 13.9. The van der Waals surface area contributed by atoms with Gasteiger partial charge in [0.2, 0.25) is 0 Å². The summed E-state index contributed by atoms with van der Waals surface area (Å²) in [6, 6.07) is 9.14. The van der Waals surface area contributed by atoms with Crippen molar-refractivity contribution in [2.45, 2.75) is 58.5 Å². The second-order valence-corrected chi connectivity index (χ2v) is 6.26. The van der Waals surface area contributed by atoms with Gasteiger partial charge in [-0.05, 0) is 31.2 Å². The molecule has 1 fully saturated rings. The summed E-state index contributed by atoms with van der Waals surface area (Å²) in [5.74, 6) is 2.08. The fourth-order valence-electron chi connectivity index (χ4n) is 3.20. The highest BCUT2D eigenvalue weighted by molar-refractivity contribution is 5.82. The molecule has 1 aliphatic carbocycles. The van der Waals surface area contributed by atoms with Crippen molar-refractivity contribution in [2.24, 2.45) is 5.92 Å². The number of fused-ring (bicyclic) bond motifs is 1. The van der Waals surface area contributed by atoms with Crippen LogP contribution in [0.25, 0.3) is 11.0 Å². The molecule has 1 aromatic heterocycles. The van der Waals surface area contributed by atoms with Crippen molar-refractivity contribution in [1.29, 1.82) is 0 Å². The van der Waals surface area contributed by atoms with Crippen molar-refractivity contribution in [2.75, 3.05) is 0 Å². The van der Waals surface area contributed by atoms with E-state index in [9.17, 15) is 0 Å².